The molecule has 5 nitrogen and oxygen atoms in total. The van der Waals surface area contributed by atoms with Crippen molar-refractivity contribution < 1.29 is 9.15 Å². The molecule has 1 saturated heterocycles. The highest BCUT2D eigenvalue weighted by Crippen LogP contribution is 2.25. The van der Waals surface area contributed by atoms with E-state index in [1.807, 2.05) is 6.92 Å². The van der Waals surface area contributed by atoms with Crippen molar-refractivity contribution in [2.24, 2.45) is 5.73 Å². The Morgan fingerprint density at radius 2 is 2.13 bits per heavy atom. The third kappa shape index (κ3) is 3.95. The number of ether oxygens (including phenoxy) is 1. The topological polar surface area (TPSA) is 64.5 Å². The van der Waals surface area contributed by atoms with Crippen molar-refractivity contribution in [1.82, 2.24) is 9.88 Å². The standard InChI is InChI=1S/C17H23N3O2S/c1-12-16(11-20-7-8-21-14(9-18)10-20)19-17(22-12)13-3-5-15(23-2)6-4-13/h3-6,14H,7-11,18H2,1-2H3/t14-/m0/s1. The number of hydrogen-bond acceptors (Lipinski definition) is 6. The van der Waals surface area contributed by atoms with Gasteiger partial charge in [-0.15, -0.1) is 11.8 Å². The van der Waals surface area contributed by atoms with E-state index in [9.17, 15) is 0 Å². The van der Waals surface area contributed by atoms with Crippen molar-refractivity contribution in [3.8, 4) is 11.5 Å². The Hall–Kier alpha value is -1.34. The number of benzene rings is 1. The predicted octanol–water partition coefficient (Wildman–Crippen LogP) is 2.53. The molecule has 0 saturated carbocycles. The highest BCUT2D eigenvalue weighted by atomic mass is 32.2. The van der Waals surface area contributed by atoms with Crippen LogP contribution < -0.4 is 5.73 Å². The molecule has 0 spiro atoms. The molecule has 1 aromatic heterocycles. The fourth-order valence-corrected chi connectivity index (χ4v) is 3.12. The van der Waals surface area contributed by atoms with Crippen LogP contribution in [-0.2, 0) is 11.3 Å². The number of nitrogens with zero attached hydrogens (tertiary/aromatic N) is 2. The molecular formula is C17H23N3O2S. The summed E-state index contributed by atoms with van der Waals surface area (Å²) in [4.78, 5) is 8.25. The van der Waals surface area contributed by atoms with Crippen LogP contribution in [0, 0.1) is 6.92 Å². The minimum Gasteiger partial charge on any atom is -0.441 e. The maximum Gasteiger partial charge on any atom is 0.226 e. The molecule has 1 aromatic carbocycles. The van der Waals surface area contributed by atoms with E-state index in [1.54, 1.807) is 11.8 Å². The summed E-state index contributed by atoms with van der Waals surface area (Å²) >= 11 is 1.73. The van der Waals surface area contributed by atoms with E-state index in [4.69, 9.17) is 19.9 Å². The summed E-state index contributed by atoms with van der Waals surface area (Å²) in [6.45, 7) is 5.78. The molecule has 23 heavy (non-hydrogen) atoms. The van der Waals surface area contributed by atoms with Crippen LogP contribution in [0.25, 0.3) is 11.5 Å². The highest BCUT2D eigenvalue weighted by Gasteiger charge is 2.21. The number of hydrogen-bond donors (Lipinski definition) is 1. The number of aryl methyl sites for hydroxylation is 1. The molecule has 2 N–H and O–H groups in total. The lowest BCUT2D eigenvalue weighted by Crippen LogP contribution is -2.45. The average Bonchev–Trinajstić information content (AvgIpc) is 2.96. The van der Waals surface area contributed by atoms with Crippen molar-refractivity contribution in [3.63, 3.8) is 0 Å². The SMILES string of the molecule is CSc1ccc(-c2nc(CN3CCO[C@@H](CN)C3)c(C)o2)cc1. The highest BCUT2D eigenvalue weighted by molar-refractivity contribution is 7.98. The van der Waals surface area contributed by atoms with Gasteiger partial charge in [0.25, 0.3) is 0 Å². The summed E-state index contributed by atoms with van der Waals surface area (Å²) in [5.41, 5.74) is 7.71. The predicted molar refractivity (Wildman–Crippen MR) is 92.5 cm³/mol. The van der Waals surface area contributed by atoms with Crippen LogP contribution in [0.15, 0.2) is 33.6 Å². The van der Waals surface area contributed by atoms with Crippen molar-refractivity contribution in [2.45, 2.75) is 24.5 Å². The molecule has 1 atom stereocenters. The van der Waals surface area contributed by atoms with Crippen LogP contribution in [0.3, 0.4) is 0 Å². The van der Waals surface area contributed by atoms with Crippen LogP contribution in [-0.4, -0.2) is 48.5 Å². The van der Waals surface area contributed by atoms with E-state index in [0.717, 1.165) is 43.3 Å². The van der Waals surface area contributed by atoms with Gasteiger partial charge in [-0.2, -0.15) is 0 Å². The number of morpholine rings is 1. The van der Waals surface area contributed by atoms with Crippen molar-refractivity contribution in [2.75, 3.05) is 32.5 Å². The van der Waals surface area contributed by atoms with Gasteiger partial charge in [0.15, 0.2) is 0 Å². The molecule has 1 aliphatic heterocycles. The molecule has 2 aromatic rings. The van der Waals surface area contributed by atoms with Crippen LogP contribution >= 0.6 is 11.8 Å². The number of thioether (sulfide) groups is 1. The molecule has 0 aliphatic carbocycles. The summed E-state index contributed by atoms with van der Waals surface area (Å²) in [6, 6.07) is 8.29. The Labute approximate surface area is 141 Å². The van der Waals surface area contributed by atoms with Crippen LogP contribution in [0.4, 0.5) is 0 Å². The molecule has 0 unspecified atom stereocenters. The maximum absolute atomic E-state index is 5.87. The lowest BCUT2D eigenvalue weighted by atomic mass is 10.2. The first-order valence-electron chi connectivity index (χ1n) is 7.84. The molecule has 0 amide bonds. The van der Waals surface area contributed by atoms with Gasteiger partial charge in [0.2, 0.25) is 5.89 Å². The summed E-state index contributed by atoms with van der Waals surface area (Å²) in [6.07, 6.45) is 2.19. The fraction of sp³-hybridized carbons (Fsp3) is 0.471. The molecule has 0 bridgehead atoms. The zero-order valence-electron chi connectivity index (χ0n) is 13.6. The smallest absolute Gasteiger partial charge is 0.226 e. The second-order valence-corrected chi connectivity index (χ2v) is 6.59. The number of nitrogens with two attached hydrogens (primary N) is 1. The van der Waals surface area contributed by atoms with Gasteiger partial charge in [-0.1, -0.05) is 0 Å². The quantitative estimate of drug-likeness (QED) is 0.848. The Balaban J connectivity index is 1.72. The minimum atomic E-state index is 0.120. The van der Waals surface area contributed by atoms with Gasteiger partial charge in [-0.3, -0.25) is 4.90 Å². The maximum atomic E-state index is 5.87. The zero-order chi connectivity index (χ0) is 16.2. The monoisotopic (exact) mass is 333 g/mol. The molecule has 0 radical (unpaired) electrons. The Bertz CT molecular complexity index is 642. The van der Waals surface area contributed by atoms with E-state index in [2.05, 4.69) is 35.4 Å². The van der Waals surface area contributed by atoms with Crippen molar-refractivity contribution in [3.05, 3.63) is 35.7 Å². The van der Waals surface area contributed by atoms with Crippen LogP contribution in [0.5, 0.6) is 0 Å². The first kappa shape index (κ1) is 16.5. The molecule has 1 aliphatic rings. The third-order valence-electron chi connectivity index (χ3n) is 4.09. The molecular weight excluding hydrogens is 310 g/mol. The summed E-state index contributed by atoms with van der Waals surface area (Å²) in [7, 11) is 0. The van der Waals surface area contributed by atoms with Gasteiger partial charge >= 0.3 is 0 Å². The van der Waals surface area contributed by atoms with Crippen molar-refractivity contribution >= 4 is 11.8 Å². The van der Waals surface area contributed by atoms with E-state index < -0.39 is 0 Å². The van der Waals surface area contributed by atoms with E-state index in [0.29, 0.717) is 12.4 Å². The second-order valence-electron chi connectivity index (χ2n) is 5.71. The lowest BCUT2D eigenvalue weighted by Gasteiger charge is -2.31. The van der Waals surface area contributed by atoms with Gasteiger partial charge in [-0.05, 0) is 37.4 Å². The molecule has 6 heteroatoms. The summed E-state index contributed by atoms with van der Waals surface area (Å²) < 4.78 is 11.5. The first-order valence-corrected chi connectivity index (χ1v) is 9.07. The van der Waals surface area contributed by atoms with Crippen LogP contribution in [0.1, 0.15) is 11.5 Å². The van der Waals surface area contributed by atoms with Gasteiger partial charge in [-0.25, -0.2) is 4.98 Å². The summed E-state index contributed by atoms with van der Waals surface area (Å²) in [5, 5.41) is 0. The molecule has 3 rings (SSSR count). The molecule has 1 fully saturated rings. The Morgan fingerprint density at radius 1 is 1.35 bits per heavy atom. The van der Waals surface area contributed by atoms with E-state index >= 15 is 0 Å². The van der Waals surface area contributed by atoms with E-state index in [1.165, 1.54) is 4.90 Å². The minimum absolute atomic E-state index is 0.120. The number of oxazole rings is 1. The zero-order valence-corrected chi connectivity index (χ0v) is 14.4. The number of rotatable bonds is 5. The first-order chi connectivity index (χ1) is 11.2. The third-order valence-corrected chi connectivity index (χ3v) is 4.83. The van der Waals surface area contributed by atoms with Crippen LogP contribution in [0.2, 0.25) is 0 Å². The summed E-state index contributed by atoms with van der Waals surface area (Å²) in [5.74, 6) is 1.57. The average molecular weight is 333 g/mol. The van der Waals surface area contributed by atoms with Gasteiger partial charge in [0.1, 0.15) is 5.76 Å². The molecule has 124 valence electrons. The Morgan fingerprint density at radius 3 is 2.83 bits per heavy atom. The van der Waals surface area contributed by atoms with Gasteiger partial charge in [0.05, 0.1) is 18.4 Å². The number of aromatic nitrogens is 1. The molecule has 2 heterocycles. The van der Waals surface area contributed by atoms with Gasteiger partial charge < -0.3 is 14.9 Å². The lowest BCUT2D eigenvalue weighted by molar-refractivity contribution is -0.0264. The normalized spacial score (nSPS) is 19.2. The van der Waals surface area contributed by atoms with Gasteiger partial charge in [0, 0.05) is 36.6 Å². The largest absolute Gasteiger partial charge is 0.441 e. The van der Waals surface area contributed by atoms with E-state index in [-0.39, 0.29) is 6.10 Å². The van der Waals surface area contributed by atoms with Crippen molar-refractivity contribution in [1.29, 1.82) is 0 Å². The fourth-order valence-electron chi connectivity index (χ4n) is 2.71. The second kappa shape index (κ2) is 7.49. The Kier molecular flexibility index (Phi) is 5.38.